The van der Waals surface area contributed by atoms with E-state index in [0.717, 1.165) is 19.3 Å². The Bertz CT molecular complexity index is 904. The molecule has 0 bridgehead atoms. The van der Waals surface area contributed by atoms with E-state index >= 15 is 0 Å². The smallest absolute Gasteiger partial charge is 0.0962 e. The second-order valence-corrected chi connectivity index (χ2v) is 7.91. The molecule has 27 heavy (non-hydrogen) atoms. The molecule has 5 rings (SSSR count). The van der Waals surface area contributed by atoms with Crippen LogP contribution in [-0.4, -0.2) is 17.8 Å². The van der Waals surface area contributed by atoms with Crippen LogP contribution >= 0.6 is 0 Å². The molecule has 0 unspecified atom stereocenters. The minimum absolute atomic E-state index is 0.295. The quantitative estimate of drug-likeness (QED) is 0.710. The first-order valence-corrected chi connectivity index (χ1v) is 9.96. The molecule has 2 nitrogen and oxygen atoms in total. The minimum atomic E-state index is -0.330. The normalized spacial score (nSPS) is 22.4. The molecular weight excluding hydrogens is 330 g/mol. The van der Waals surface area contributed by atoms with E-state index in [2.05, 4.69) is 84.2 Å². The van der Waals surface area contributed by atoms with Gasteiger partial charge in [-0.25, -0.2) is 0 Å². The van der Waals surface area contributed by atoms with Crippen molar-refractivity contribution in [2.75, 3.05) is 6.61 Å². The van der Waals surface area contributed by atoms with Gasteiger partial charge in [0.1, 0.15) is 0 Å². The molecule has 0 heterocycles. The Morgan fingerprint density at radius 2 is 1.37 bits per heavy atom. The van der Waals surface area contributed by atoms with E-state index in [-0.39, 0.29) is 5.54 Å². The highest BCUT2D eigenvalue weighted by Crippen LogP contribution is 2.51. The van der Waals surface area contributed by atoms with Crippen LogP contribution in [0, 0.1) is 5.92 Å². The number of benzene rings is 3. The van der Waals surface area contributed by atoms with Crippen LogP contribution in [0.4, 0.5) is 0 Å². The van der Waals surface area contributed by atoms with Crippen LogP contribution in [0.15, 0.2) is 78.9 Å². The molecule has 0 aromatic heterocycles. The summed E-state index contributed by atoms with van der Waals surface area (Å²) in [5, 5.41) is 13.7. The number of hydrogen-bond donors (Lipinski definition) is 2. The van der Waals surface area contributed by atoms with Crippen molar-refractivity contribution in [3.63, 3.8) is 0 Å². The molecule has 1 fully saturated rings. The molecule has 3 aromatic rings. The fourth-order valence-corrected chi connectivity index (χ4v) is 5.15. The second kappa shape index (κ2) is 6.63. The molecule has 0 saturated heterocycles. The van der Waals surface area contributed by atoms with Crippen LogP contribution in [-0.2, 0) is 5.54 Å². The van der Waals surface area contributed by atoms with E-state index < -0.39 is 0 Å². The molecule has 2 heteroatoms. The van der Waals surface area contributed by atoms with E-state index in [1.54, 1.807) is 0 Å². The Hall–Kier alpha value is -2.42. The van der Waals surface area contributed by atoms with E-state index in [1.165, 1.54) is 27.8 Å². The highest BCUT2D eigenvalue weighted by atomic mass is 16.3. The van der Waals surface area contributed by atoms with Gasteiger partial charge in [0.15, 0.2) is 0 Å². The Labute approximate surface area is 160 Å². The Balaban J connectivity index is 1.72. The summed E-state index contributed by atoms with van der Waals surface area (Å²) in [6, 6.07) is 28.8. The molecular formula is C25H25NO. The van der Waals surface area contributed by atoms with Crippen molar-refractivity contribution in [3.05, 3.63) is 95.6 Å². The van der Waals surface area contributed by atoms with Crippen molar-refractivity contribution < 1.29 is 5.11 Å². The highest BCUT2D eigenvalue weighted by molar-refractivity contribution is 5.83. The number of nitrogens with one attached hydrogen (secondary N) is 1. The van der Waals surface area contributed by atoms with Gasteiger partial charge in [0.25, 0.3) is 0 Å². The maximum atomic E-state index is 9.61. The largest absolute Gasteiger partial charge is 0.396 e. The number of hydrogen-bond acceptors (Lipinski definition) is 2. The van der Waals surface area contributed by atoms with Gasteiger partial charge in [0.05, 0.1) is 5.54 Å². The van der Waals surface area contributed by atoms with E-state index in [4.69, 9.17) is 0 Å². The van der Waals surface area contributed by atoms with Crippen molar-refractivity contribution in [3.8, 4) is 11.1 Å². The van der Waals surface area contributed by atoms with E-state index in [0.29, 0.717) is 18.6 Å². The van der Waals surface area contributed by atoms with Crippen molar-refractivity contribution >= 4 is 0 Å². The second-order valence-electron chi connectivity index (χ2n) is 7.91. The molecule has 0 amide bonds. The summed E-state index contributed by atoms with van der Waals surface area (Å²) >= 11 is 0. The lowest BCUT2D eigenvalue weighted by Gasteiger charge is -2.37. The van der Waals surface area contributed by atoms with Gasteiger partial charge in [-0.15, -0.1) is 0 Å². The third-order valence-electron chi connectivity index (χ3n) is 6.38. The average Bonchev–Trinajstić information content (AvgIpc) is 3.31. The van der Waals surface area contributed by atoms with Gasteiger partial charge in [0.2, 0.25) is 0 Å². The van der Waals surface area contributed by atoms with Gasteiger partial charge in [-0.3, -0.25) is 5.32 Å². The lowest BCUT2D eigenvalue weighted by Crippen LogP contribution is -2.47. The van der Waals surface area contributed by atoms with E-state index in [1.807, 2.05) is 0 Å². The molecule has 0 spiro atoms. The zero-order valence-corrected chi connectivity index (χ0v) is 15.4. The van der Waals surface area contributed by atoms with Gasteiger partial charge < -0.3 is 5.11 Å². The average molecular weight is 355 g/mol. The van der Waals surface area contributed by atoms with Crippen LogP contribution in [0.2, 0.25) is 0 Å². The molecule has 2 atom stereocenters. The predicted molar refractivity (Wildman–Crippen MR) is 110 cm³/mol. The van der Waals surface area contributed by atoms with Crippen molar-refractivity contribution in [2.24, 2.45) is 5.92 Å². The first-order valence-electron chi connectivity index (χ1n) is 9.96. The van der Waals surface area contributed by atoms with Crippen LogP contribution in [0.3, 0.4) is 0 Å². The molecule has 2 aliphatic rings. The number of aliphatic hydroxyl groups excluding tert-OH is 1. The fourth-order valence-electron chi connectivity index (χ4n) is 5.15. The minimum Gasteiger partial charge on any atom is -0.396 e. The topological polar surface area (TPSA) is 32.3 Å². The molecule has 3 aromatic carbocycles. The fraction of sp³-hybridized carbons (Fsp3) is 0.280. The first-order chi connectivity index (χ1) is 13.3. The Morgan fingerprint density at radius 1 is 0.778 bits per heavy atom. The maximum absolute atomic E-state index is 9.61. The van der Waals surface area contributed by atoms with E-state index in [9.17, 15) is 5.11 Å². The maximum Gasteiger partial charge on any atom is 0.0962 e. The van der Waals surface area contributed by atoms with Gasteiger partial charge in [-0.05, 0) is 53.0 Å². The lowest BCUT2D eigenvalue weighted by atomic mass is 9.80. The summed E-state index contributed by atoms with van der Waals surface area (Å²) in [5.74, 6) is 0.419. The third kappa shape index (κ3) is 2.55. The number of rotatable bonds is 4. The summed E-state index contributed by atoms with van der Waals surface area (Å²) in [4.78, 5) is 0. The highest BCUT2D eigenvalue weighted by Gasteiger charge is 2.46. The Kier molecular flexibility index (Phi) is 4.11. The third-order valence-corrected chi connectivity index (χ3v) is 6.38. The van der Waals surface area contributed by atoms with Crippen LogP contribution in [0.25, 0.3) is 11.1 Å². The molecule has 0 radical (unpaired) electrons. The zero-order valence-electron chi connectivity index (χ0n) is 15.4. The van der Waals surface area contributed by atoms with Crippen molar-refractivity contribution in [1.82, 2.24) is 5.32 Å². The number of fused-ring (bicyclic) bond motifs is 3. The van der Waals surface area contributed by atoms with Crippen molar-refractivity contribution in [2.45, 2.75) is 30.8 Å². The SMILES string of the molecule is OC[C@H]1CC[C@H](NC2(c3ccccc3)c3ccccc3-c3ccccc32)C1. The van der Waals surface area contributed by atoms with Gasteiger partial charge in [-0.1, -0.05) is 78.9 Å². The standard InChI is InChI=1S/C25H25NO/c27-17-18-14-15-20(16-18)26-25(19-8-2-1-3-9-19)23-12-6-4-10-21(23)22-11-5-7-13-24(22)25/h1-13,18,20,26-27H,14-17H2/t18-,20-/m0/s1. The summed E-state index contributed by atoms with van der Waals surface area (Å²) in [6.07, 6.45) is 3.25. The first kappa shape index (κ1) is 16.7. The Morgan fingerprint density at radius 3 is 1.96 bits per heavy atom. The van der Waals surface area contributed by atoms with Gasteiger partial charge in [0, 0.05) is 12.6 Å². The van der Waals surface area contributed by atoms with Gasteiger partial charge >= 0.3 is 0 Å². The predicted octanol–water partition coefficient (Wildman–Crippen LogP) is 4.71. The van der Waals surface area contributed by atoms with Crippen molar-refractivity contribution in [1.29, 1.82) is 0 Å². The summed E-state index contributed by atoms with van der Waals surface area (Å²) in [6.45, 7) is 0.295. The number of aliphatic hydroxyl groups is 1. The monoisotopic (exact) mass is 355 g/mol. The van der Waals surface area contributed by atoms with Crippen LogP contribution in [0.5, 0.6) is 0 Å². The summed E-state index contributed by atoms with van der Waals surface area (Å²) < 4.78 is 0. The molecule has 2 aliphatic carbocycles. The van der Waals surface area contributed by atoms with Crippen LogP contribution < -0.4 is 5.32 Å². The summed E-state index contributed by atoms with van der Waals surface area (Å²) in [7, 11) is 0. The zero-order chi connectivity index (χ0) is 18.3. The molecule has 136 valence electrons. The van der Waals surface area contributed by atoms with Gasteiger partial charge in [-0.2, -0.15) is 0 Å². The molecule has 1 saturated carbocycles. The molecule has 2 N–H and O–H groups in total. The molecule has 0 aliphatic heterocycles. The van der Waals surface area contributed by atoms with Crippen LogP contribution in [0.1, 0.15) is 36.0 Å². The lowest BCUT2D eigenvalue weighted by molar-refractivity contribution is 0.226. The summed E-state index contributed by atoms with van der Waals surface area (Å²) in [5.41, 5.74) is 6.27.